The van der Waals surface area contributed by atoms with Crippen molar-refractivity contribution in [3.8, 4) is 0 Å². The van der Waals surface area contributed by atoms with Crippen LogP contribution >= 0.6 is 15.9 Å². The second kappa shape index (κ2) is 3.44. The maximum Gasteiger partial charge on any atom is 0.417 e. The van der Waals surface area contributed by atoms with E-state index in [0.717, 1.165) is 13.1 Å². The smallest absolute Gasteiger partial charge is 0.275 e. The van der Waals surface area contributed by atoms with Crippen LogP contribution in [0.1, 0.15) is 11.1 Å². The second-order valence-corrected chi connectivity index (χ2v) is 4.08. The van der Waals surface area contributed by atoms with E-state index in [0.29, 0.717) is 0 Å². The van der Waals surface area contributed by atoms with Crippen molar-refractivity contribution in [2.75, 3.05) is 0 Å². The van der Waals surface area contributed by atoms with Crippen LogP contribution in [0.3, 0.4) is 0 Å². The zero-order chi connectivity index (χ0) is 12.1. The van der Waals surface area contributed by atoms with Gasteiger partial charge >= 0.3 is 6.18 Å². The zero-order valence-electron chi connectivity index (χ0n) is 7.91. The molecule has 0 spiro atoms. The number of alkyl halides is 3. The standard InChI is InChI=1S/C9H5BrF4N2/c1-3-5(9(12,13)14)6(10)4-2-15-16-8(4)7(3)11/h2H,1H3,(H,15,16). The Kier molecular flexibility index (Phi) is 2.45. The summed E-state index contributed by atoms with van der Waals surface area (Å²) >= 11 is 2.84. The number of nitrogens with zero attached hydrogens (tertiary/aromatic N) is 1. The van der Waals surface area contributed by atoms with Gasteiger partial charge in [-0.25, -0.2) is 4.39 Å². The topological polar surface area (TPSA) is 28.7 Å². The summed E-state index contributed by atoms with van der Waals surface area (Å²) < 4.78 is 51.5. The van der Waals surface area contributed by atoms with Crippen LogP contribution in [0.25, 0.3) is 10.9 Å². The highest BCUT2D eigenvalue weighted by atomic mass is 79.9. The summed E-state index contributed by atoms with van der Waals surface area (Å²) in [4.78, 5) is 0. The molecule has 1 heterocycles. The fourth-order valence-electron chi connectivity index (χ4n) is 1.55. The van der Waals surface area contributed by atoms with Crippen molar-refractivity contribution < 1.29 is 17.6 Å². The highest BCUT2D eigenvalue weighted by Crippen LogP contribution is 2.41. The number of fused-ring (bicyclic) bond motifs is 1. The zero-order valence-corrected chi connectivity index (χ0v) is 9.50. The van der Waals surface area contributed by atoms with E-state index in [4.69, 9.17) is 0 Å². The van der Waals surface area contributed by atoms with E-state index in [9.17, 15) is 17.6 Å². The van der Waals surface area contributed by atoms with E-state index in [1.54, 1.807) is 0 Å². The van der Waals surface area contributed by atoms with Crippen molar-refractivity contribution >= 4 is 26.8 Å². The van der Waals surface area contributed by atoms with Gasteiger partial charge in [-0.15, -0.1) is 0 Å². The van der Waals surface area contributed by atoms with E-state index in [1.165, 1.54) is 0 Å². The molecule has 16 heavy (non-hydrogen) atoms. The van der Waals surface area contributed by atoms with Crippen molar-refractivity contribution in [3.05, 3.63) is 27.6 Å². The van der Waals surface area contributed by atoms with Crippen LogP contribution < -0.4 is 0 Å². The van der Waals surface area contributed by atoms with Crippen LogP contribution in [0, 0.1) is 12.7 Å². The molecule has 2 aromatic rings. The van der Waals surface area contributed by atoms with Gasteiger partial charge in [-0.2, -0.15) is 18.3 Å². The van der Waals surface area contributed by atoms with Gasteiger partial charge < -0.3 is 0 Å². The number of H-pyrrole nitrogens is 1. The lowest BCUT2D eigenvalue weighted by Gasteiger charge is -2.13. The highest BCUT2D eigenvalue weighted by Gasteiger charge is 2.37. The van der Waals surface area contributed by atoms with Crippen LogP contribution in [-0.2, 0) is 6.18 Å². The third kappa shape index (κ3) is 1.50. The SMILES string of the molecule is Cc1c(C(F)(F)F)c(Br)c2cn[nH]c2c1F. The molecular formula is C9H5BrF4N2. The minimum absolute atomic E-state index is 0.0302. The lowest BCUT2D eigenvalue weighted by Crippen LogP contribution is -2.10. The highest BCUT2D eigenvalue weighted by molar-refractivity contribution is 9.10. The van der Waals surface area contributed by atoms with E-state index in [-0.39, 0.29) is 15.4 Å². The minimum Gasteiger partial charge on any atom is -0.275 e. The maximum absolute atomic E-state index is 13.6. The average Bonchev–Trinajstić information content (AvgIpc) is 2.61. The van der Waals surface area contributed by atoms with E-state index in [1.807, 2.05) is 0 Å². The molecule has 0 saturated carbocycles. The molecule has 0 aliphatic carbocycles. The second-order valence-electron chi connectivity index (χ2n) is 3.28. The van der Waals surface area contributed by atoms with Gasteiger partial charge in [-0.1, -0.05) is 0 Å². The normalized spacial score (nSPS) is 12.4. The quantitative estimate of drug-likeness (QED) is 0.736. The van der Waals surface area contributed by atoms with E-state index in [2.05, 4.69) is 26.1 Å². The van der Waals surface area contributed by atoms with Gasteiger partial charge in [0.05, 0.1) is 11.8 Å². The molecule has 1 aromatic carbocycles. The van der Waals surface area contributed by atoms with Gasteiger partial charge in [0.1, 0.15) is 5.52 Å². The van der Waals surface area contributed by atoms with Crippen LogP contribution in [-0.4, -0.2) is 10.2 Å². The Balaban J connectivity index is 2.94. The Morgan fingerprint density at radius 1 is 1.38 bits per heavy atom. The summed E-state index contributed by atoms with van der Waals surface area (Å²) in [6.07, 6.45) is -3.45. The molecule has 2 rings (SSSR count). The van der Waals surface area contributed by atoms with Crippen molar-refractivity contribution in [2.24, 2.45) is 0 Å². The molecule has 0 radical (unpaired) electrons. The summed E-state index contributed by atoms with van der Waals surface area (Å²) in [7, 11) is 0. The predicted molar refractivity (Wildman–Crippen MR) is 53.5 cm³/mol. The van der Waals surface area contributed by atoms with Crippen molar-refractivity contribution in [1.29, 1.82) is 0 Å². The lowest BCUT2D eigenvalue weighted by atomic mass is 10.1. The summed E-state index contributed by atoms with van der Waals surface area (Å²) in [5.74, 6) is -0.928. The van der Waals surface area contributed by atoms with Crippen molar-refractivity contribution in [1.82, 2.24) is 10.2 Å². The molecule has 0 bridgehead atoms. The molecule has 1 N–H and O–H groups in total. The first kappa shape index (κ1) is 11.4. The van der Waals surface area contributed by atoms with Crippen LogP contribution in [0.4, 0.5) is 17.6 Å². The first-order chi connectivity index (χ1) is 7.34. The number of hydrogen-bond donors (Lipinski definition) is 1. The summed E-state index contributed by atoms with van der Waals surface area (Å²) in [5.41, 5.74) is -1.48. The predicted octanol–water partition coefficient (Wildman–Crippen LogP) is 3.79. The third-order valence-electron chi connectivity index (χ3n) is 2.30. The Bertz CT molecular complexity index is 559. The van der Waals surface area contributed by atoms with Crippen molar-refractivity contribution in [3.63, 3.8) is 0 Å². The molecule has 0 aliphatic heterocycles. The molecule has 0 atom stereocenters. The first-order valence-corrected chi connectivity index (χ1v) is 5.01. The molecular weight excluding hydrogens is 292 g/mol. The Hall–Kier alpha value is -1.11. The molecule has 0 amide bonds. The fraction of sp³-hybridized carbons (Fsp3) is 0.222. The van der Waals surface area contributed by atoms with E-state index >= 15 is 0 Å². The van der Waals surface area contributed by atoms with Gasteiger partial charge in [-0.3, -0.25) is 5.10 Å². The van der Waals surface area contributed by atoms with Gasteiger partial charge in [-0.05, 0) is 22.9 Å². The average molecular weight is 297 g/mol. The van der Waals surface area contributed by atoms with Crippen LogP contribution in [0.2, 0.25) is 0 Å². The number of hydrogen-bond acceptors (Lipinski definition) is 1. The minimum atomic E-state index is -4.60. The van der Waals surface area contributed by atoms with Gasteiger partial charge in [0.2, 0.25) is 0 Å². The number of nitrogens with one attached hydrogen (secondary N) is 1. The summed E-state index contributed by atoms with van der Waals surface area (Å²) in [6, 6.07) is 0. The van der Waals surface area contributed by atoms with Gasteiger partial charge in [0, 0.05) is 15.4 Å². The largest absolute Gasteiger partial charge is 0.417 e. The first-order valence-electron chi connectivity index (χ1n) is 4.22. The Morgan fingerprint density at radius 2 is 2.00 bits per heavy atom. The number of aromatic amines is 1. The number of aromatic nitrogens is 2. The third-order valence-corrected chi connectivity index (χ3v) is 3.13. The maximum atomic E-state index is 13.6. The lowest BCUT2D eigenvalue weighted by molar-refractivity contribution is -0.138. The molecule has 0 saturated heterocycles. The molecule has 2 nitrogen and oxygen atoms in total. The van der Waals surface area contributed by atoms with Crippen LogP contribution in [0.5, 0.6) is 0 Å². The van der Waals surface area contributed by atoms with E-state index < -0.39 is 23.1 Å². The van der Waals surface area contributed by atoms with Gasteiger partial charge in [0.25, 0.3) is 0 Å². The monoisotopic (exact) mass is 296 g/mol. The molecule has 0 aliphatic rings. The van der Waals surface area contributed by atoms with Crippen molar-refractivity contribution in [2.45, 2.75) is 13.1 Å². The molecule has 1 aromatic heterocycles. The number of benzene rings is 1. The summed E-state index contributed by atoms with van der Waals surface area (Å²) in [6.45, 7) is 1.09. The summed E-state index contributed by atoms with van der Waals surface area (Å²) in [5, 5.41) is 5.93. The molecule has 0 fully saturated rings. The Labute approximate surface area is 95.8 Å². The fourth-order valence-corrected chi connectivity index (χ4v) is 2.38. The molecule has 86 valence electrons. The number of rotatable bonds is 0. The van der Waals surface area contributed by atoms with Gasteiger partial charge in [0.15, 0.2) is 5.82 Å². The molecule has 0 unspecified atom stereocenters. The Morgan fingerprint density at radius 3 is 2.56 bits per heavy atom. The van der Waals surface area contributed by atoms with Crippen LogP contribution in [0.15, 0.2) is 10.7 Å². The number of halogens is 5. The molecule has 7 heteroatoms.